The zero-order chi connectivity index (χ0) is 23.9. The van der Waals surface area contributed by atoms with Crippen LogP contribution in [0.25, 0.3) is 21.1 Å². The number of rotatable bonds is 4. The van der Waals surface area contributed by atoms with Crippen LogP contribution in [0.15, 0.2) is 40.6 Å². The fourth-order valence-electron chi connectivity index (χ4n) is 5.28. The maximum absolute atomic E-state index is 13.0. The van der Waals surface area contributed by atoms with Gasteiger partial charge in [-0.25, -0.2) is 4.98 Å². The van der Waals surface area contributed by atoms with Crippen LogP contribution in [-0.4, -0.2) is 52.7 Å². The lowest BCUT2D eigenvalue weighted by Gasteiger charge is -2.33. The third-order valence-electron chi connectivity index (χ3n) is 7.24. The second-order valence-electron chi connectivity index (χ2n) is 9.50. The normalized spacial score (nSPS) is 17.3. The molecule has 3 aromatic heterocycles. The molecular weight excluding hydrogens is 458 g/mol. The van der Waals surface area contributed by atoms with Crippen LogP contribution in [0.1, 0.15) is 37.3 Å². The number of pyridine rings is 1. The van der Waals surface area contributed by atoms with E-state index >= 15 is 0 Å². The zero-order valence-electron chi connectivity index (χ0n) is 19.7. The Balaban J connectivity index is 1.36. The second-order valence-corrected chi connectivity index (χ2v) is 10.4. The Bertz CT molecular complexity index is 1500. The molecule has 8 nitrogen and oxygen atoms in total. The van der Waals surface area contributed by atoms with Crippen LogP contribution in [0, 0.1) is 11.3 Å². The highest BCUT2D eigenvalue weighted by Crippen LogP contribution is 2.36. The Kier molecular flexibility index (Phi) is 5.63. The lowest BCUT2D eigenvalue weighted by Crippen LogP contribution is -2.44. The molecule has 2 fully saturated rings. The first-order chi connectivity index (χ1) is 17.1. The van der Waals surface area contributed by atoms with Gasteiger partial charge in [0.05, 0.1) is 5.69 Å². The van der Waals surface area contributed by atoms with Crippen LogP contribution in [0.2, 0.25) is 0 Å². The molecule has 0 bridgehead atoms. The fourth-order valence-corrected chi connectivity index (χ4v) is 6.23. The smallest absolute Gasteiger partial charge is 0.270 e. The molecule has 1 saturated carbocycles. The number of hydrogen-bond donors (Lipinski definition) is 1. The number of nitrogens with zero attached hydrogens (tertiary/aromatic N) is 6. The third-order valence-corrected chi connectivity index (χ3v) is 8.19. The van der Waals surface area contributed by atoms with Gasteiger partial charge in [-0.3, -0.25) is 9.36 Å². The lowest BCUT2D eigenvalue weighted by molar-refractivity contribution is 0.313. The minimum Gasteiger partial charge on any atom is -0.368 e. The lowest BCUT2D eigenvalue weighted by atomic mass is 10.2. The number of likely N-dealkylation sites (N-methyl/N-ethyl adjacent to an activating group) is 1. The molecule has 1 aromatic carbocycles. The fraction of sp³-hybridized carbons (Fsp3) is 0.385. The Morgan fingerprint density at radius 2 is 1.94 bits per heavy atom. The quantitative estimate of drug-likeness (QED) is 0.455. The van der Waals surface area contributed by atoms with Crippen molar-refractivity contribution in [3.8, 4) is 6.07 Å². The first-order valence-corrected chi connectivity index (χ1v) is 13.0. The van der Waals surface area contributed by atoms with Gasteiger partial charge in [0, 0.05) is 65.0 Å². The van der Waals surface area contributed by atoms with Crippen molar-refractivity contribution in [3.63, 3.8) is 0 Å². The number of aromatic nitrogens is 3. The Morgan fingerprint density at radius 1 is 1.14 bits per heavy atom. The number of nitriles is 1. The molecule has 6 rings (SSSR count). The van der Waals surface area contributed by atoms with Crippen LogP contribution in [0.5, 0.6) is 0 Å². The number of thiophene rings is 1. The summed E-state index contributed by atoms with van der Waals surface area (Å²) in [6.45, 7) is 4.18. The molecule has 4 heterocycles. The number of nitrogens with one attached hydrogen (secondary N) is 1. The molecule has 2 aliphatic rings. The maximum atomic E-state index is 13.0. The molecule has 0 spiro atoms. The van der Waals surface area contributed by atoms with E-state index in [4.69, 9.17) is 4.98 Å². The van der Waals surface area contributed by atoms with Crippen LogP contribution in [-0.2, 0) is 0 Å². The molecule has 0 unspecified atom stereocenters. The molecule has 4 aromatic rings. The average Bonchev–Trinajstić information content (AvgIpc) is 3.54. The van der Waals surface area contributed by atoms with Crippen molar-refractivity contribution in [1.82, 2.24) is 19.4 Å². The molecule has 0 amide bonds. The van der Waals surface area contributed by atoms with Gasteiger partial charge in [0.15, 0.2) is 0 Å². The van der Waals surface area contributed by atoms with E-state index in [1.807, 2.05) is 12.1 Å². The van der Waals surface area contributed by atoms with Crippen molar-refractivity contribution in [2.24, 2.45) is 0 Å². The van der Waals surface area contributed by atoms with E-state index in [0.29, 0.717) is 17.0 Å². The van der Waals surface area contributed by atoms with Gasteiger partial charge in [0.1, 0.15) is 17.3 Å². The van der Waals surface area contributed by atoms with E-state index in [1.165, 1.54) is 15.8 Å². The summed E-state index contributed by atoms with van der Waals surface area (Å²) in [6.07, 6.45) is 5.74. The zero-order valence-corrected chi connectivity index (χ0v) is 20.5. The second kappa shape index (κ2) is 8.95. The highest BCUT2D eigenvalue weighted by Gasteiger charge is 2.23. The van der Waals surface area contributed by atoms with Crippen molar-refractivity contribution < 1.29 is 0 Å². The van der Waals surface area contributed by atoms with E-state index in [1.54, 1.807) is 28.2 Å². The van der Waals surface area contributed by atoms with E-state index in [9.17, 15) is 10.1 Å². The summed E-state index contributed by atoms with van der Waals surface area (Å²) in [6, 6.07) is 10.1. The van der Waals surface area contributed by atoms with Gasteiger partial charge in [-0.15, -0.1) is 11.3 Å². The number of hydrogen-bond acceptors (Lipinski definition) is 8. The molecule has 0 radical (unpaired) electrons. The number of fused-ring (bicyclic) bond motifs is 2. The SMILES string of the molecule is CN1CCN(c2csc3ccc(Nc4ncc5cc(C#N)c(=O)n(C6CCCC6)c5n4)cc23)CC1. The molecule has 1 saturated heterocycles. The van der Waals surface area contributed by atoms with Crippen LogP contribution in [0.3, 0.4) is 0 Å². The molecule has 1 aliphatic heterocycles. The molecule has 0 atom stereocenters. The van der Waals surface area contributed by atoms with Gasteiger partial charge in [-0.1, -0.05) is 12.8 Å². The summed E-state index contributed by atoms with van der Waals surface area (Å²) in [5.74, 6) is 0.448. The average molecular weight is 486 g/mol. The van der Waals surface area contributed by atoms with Gasteiger partial charge < -0.3 is 15.1 Å². The van der Waals surface area contributed by atoms with E-state index in [2.05, 4.69) is 44.7 Å². The topological polar surface area (TPSA) is 90.1 Å². The predicted molar refractivity (Wildman–Crippen MR) is 141 cm³/mol. The van der Waals surface area contributed by atoms with Crippen molar-refractivity contribution in [1.29, 1.82) is 5.26 Å². The van der Waals surface area contributed by atoms with Crippen molar-refractivity contribution in [2.75, 3.05) is 43.4 Å². The Labute approximate surface area is 207 Å². The largest absolute Gasteiger partial charge is 0.368 e. The van der Waals surface area contributed by atoms with E-state index in [0.717, 1.165) is 57.5 Å². The summed E-state index contributed by atoms with van der Waals surface area (Å²) >= 11 is 1.77. The van der Waals surface area contributed by atoms with E-state index in [-0.39, 0.29) is 17.2 Å². The summed E-state index contributed by atoms with van der Waals surface area (Å²) in [4.78, 5) is 27.1. The minimum absolute atomic E-state index is 0.0781. The van der Waals surface area contributed by atoms with Gasteiger partial charge in [-0.2, -0.15) is 10.2 Å². The highest BCUT2D eigenvalue weighted by molar-refractivity contribution is 7.17. The molecule has 1 aliphatic carbocycles. The monoisotopic (exact) mass is 485 g/mol. The number of benzene rings is 1. The van der Waals surface area contributed by atoms with Crippen molar-refractivity contribution in [2.45, 2.75) is 31.7 Å². The maximum Gasteiger partial charge on any atom is 0.270 e. The molecule has 9 heteroatoms. The van der Waals surface area contributed by atoms with Gasteiger partial charge in [0.25, 0.3) is 5.56 Å². The summed E-state index contributed by atoms with van der Waals surface area (Å²) in [5, 5.41) is 17.0. The van der Waals surface area contributed by atoms with Gasteiger partial charge in [0.2, 0.25) is 5.95 Å². The number of anilines is 3. The summed E-state index contributed by atoms with van der Waals surface area (Å²) in [7, 11) is 2.17. The van der Waals surface area contributed by atoms with Gasteiger partial charge >= 0.3 is 0 Å². The van der Waals surface area contributed by atoms with Gasteiger partial charge in [-0.05, 0) is 44.2 Å². The van der Waals surface area contributed by atoms with Crippen LogP contribution < -0.4 is 15.8 Å². The predicted octanol–water partition coefficient (Wildman–Crippen LogP) is 4.49. The molecular formula is C26H27N7OS. The summed E-state index contributed by atoms with van der Waals surface area (Å²) < 4.78 is 2.98. The summed E-state index contributed by atoms with van der Waals surface area (Å²) in [5.41, 5.74) is 2.67. The third kappa shape index (κ3) is 4.03. The number of piperazine rings is 1. The molecule has 178 valence electrons. The Morgan fingerprint density at radius 3 is 2.71 bits per heavy atom. The highest BCUT2D eigenvalue weighted by atomic mass is 32.1. The first kappa shape index (κ1) is 22.0. The molecule has 1 N–H and O–H groups in total. The standard InChI is InChI=1S/C26H27N7OS/c1-31-8-10-32(11-9-31)22-16-35-23-7-6-19(13-21(22)23)29-26-28-15-18-12-17(14-27)25(34)33(24(18)30-26)20-4-2-3-5-20/h6-7,12-13,15-16,20H,2-5,8-11H2,1H3,(H,28,29,30). The van der Waals surface area contributed by atoms with Crippen molar-refractivity contribution >= 4 is 49.8 Å². The minimum atomic E-state index is -0.256. The van der Waals surface area contributed by atoms with Crippen LogP contribution in [0.4, 0.5) is 17.3 Å². The van der Waals surface area contributed by atoms with Crippen molar-refractivity contribution in [3.05, 3.63) is 51.8 Å². The first-order valence-electron chi connectivity index (χ1n) is 12.1. The van der Waals surface area contributed by atoms with Crippen LogP contribution >= 0.6 is 11.3 Å². The van der Waals surface area contributed by atoms with E-state index < -0.39 is 0 Å². The molecule has 35 heavy (non-hydrogen) atoms. The Hall–Kier alpha value is -3.48.